The molecule has 7 nitrogen and oxygen atoms in total. The first-order valence-corrected chi connectivity index (χ1v) is 9.18. The van der Waals surface area contributed by atoms with Crippen LogP contribution in [0.2, 0.25) is 0 Å². The number of amides is 1. The molecule has 0 bridgehead atoms. The molecule has 0 saturated carbocycles. The Morgan fingerprint density at radius 2 is 2.08 bits per heavy atom. The van der Waals surface area contributed by atoms with Crippen molar-refractivity contribution in [1.82, 2.24) is 25.3 Å². The van der Waals surface area contributed by atoms with E-state index in [2.05, 4.69) is 44.0 Å². The van der Waals surface area contributed by atoms with E-state index >= 15 is 0 Å². The number of anilines is 1. The summed E-state index contributed by atoms with van der Waals surface area (Å²) >= 11 is 0. The molecule has 0 spiro atoms. The quantitative estimate of drug-likeness (QED) is 0.886. The largest absolute Gasteiger partial charge is 0.346 e. The highest BCUT2D eigenvalue weighted by atomic mass is 16.2. The van der Waals surface area contributed by atoms with Crippen molar-refractivity contribution >= 4 is 11.9 Å². The summed E-state index contributed by atoms with van der Waals surface area (Å²) < 4.78 is 0. The van der Waals surface area contributed by atoms with Gasteiger partial charge >= 0.3 is 0 Å². The number of piperidine rings is 1. The van der Waals surface area contributed by atoms with Gasteiger partial charge in [-0.2, -0.15) is 0 Å². The number of nitrogens with zero attached hydrogens (tertiary/aromatic N) is 5. The van der Waals surface area contributed by atoms with E-state index in [0.29, 0.717) is 29.9 Å². The molecule has 1 saturated heterocycles. The van der Waals surface area contributed by atoms with Crippen molar-refractivity contribution in [3.05, 3.63) is 41.7 Å². The molecule has 3 heterocycles. The van der Waals surface area contributed by atoms with Gasteiger partial charge in [-0.25, -0.2) is 19.9 Å². The molecule has 2 aromatic heterocycles. The molecule has 0 aliphatic carbocycles. The summed E-state index contributed by atoms with van der Waals surface area (Å²) in [5.74, 6) is 1.69. The number of hydrogen-bond donors (Lipinski definition) is 1. The van der Waals surface area contributed by atoms with Gasteiger partial charge in [0.25, 0.3) is 5.91 Å². The number of carbonyl (C=O) groups excluding carboxylic acids is 1. The minimum Gasteiger partial charge on any atom is -0.346 e. The van der Waals surface area contributed by atoms with Crippen LogP contribution >= 0.6 is 0 Å². The van der Waals surface area contributed by atoms with E-state index in [1.807, 2.05) is 13.0 Å². The van der Waals surface area contributed by atoms with E-state index < -0.39 is 0 Å². The molecular formula is C19H26N6O. The SMILES string of the molecule is Cc1nc(CC(C)C)cc(C(=O)N[C@H]2CCCN(c3ncccn3)C2)n1. The fourth-order valence-corrected chi connectivity index (χ4v) is 3.26. The highest BCUT2D eigenvalue weighted by Crippen LogP contribution is 2.16. The van der Waals surface area contributed by atoms with Crippen LogP contribution in [-0.4, -0.2) is 45.0 Å². The lowest BCUT2D eigenvalue weighted by atomic mass is 10.1. The average molecular weight is 354 g/mol. The first kappa shape index (κ1) is 18.2. The maximum atomic E-state index is 12.7. The molecule has 3 rings (SSSR count). The second kappa shape index (κ2) is 8.21. The maximum Gasteiger partial charge on any atom is 0.270 e. The summed E-state index contributed by atoms with van der Waals surface area (Å²) in [6.45, 7) is 7.72. The van der Waals surface area contributed by atoms with E-state index in [1.165, 1.54) is 0 Å². The average Bonchev–Trinajstić information content (AvgIpc) is 2.61. The van der Waals surface area contributed by atoms with Gasteiger partial charge in [-0.15, -0.1) is 0 Å². The van der Waals surface area contributed by atoms with Crippen LogP contribution in [0, 0.1) is 12.8 Å². The number of aryl methyl sites for hydroxylation is 1. The summed E-state index contributed by atoms with van der Waals surface area (Å²) in [7, 11) is 0. The highest BCUT2D eigenvalue weighted by Gasteiger charge is 2.24. The predicted octanol–water partition coefficient (Wildman–Crippen LogP) is 2.17. The van der Waals surface area contributed by atoms with Crippen LogP contribution in [0.15, 0.2) is 24.5 Å². The molecule has 1 atom stereocenters. The van der Waals surface area contributed by atoms with Crippen LogP contribution in [0.5, 0.6) is 0 Å². The van der Waals surface area contributed by atoms with Crippen LogP contribution in [0.4, 0.5) is 5.95 Å². The maximum absolute atomic E-state index is 12.7. The molecule has 2 aromatic rings. The van der Waals surface area contributed by atoms with Gasteiger partial charge in [0.15, 0.2) is 0 Å². The van der Waals surface area contributed by atoms with E-state index in [9.17, 15) is 4.79 Å². The molecule has 1 N–H and O–H groups in total. The monoisotopic (exact) mass is 354 g/mol. The zero-order chi connectivity index (χ0) is 18.5. The van der Waals surface area contributed by atoms with Gasteiger partial charge in [-0.1, -0.05) is 13.8 Å². The molecule has 138 valence electrons. The molecular weight excluding hydrogens is 328 g/mol. The second-order valence-corrected chi connectivity index (χ2v) is 7.20. The summed E-state index contributed by atoms with van der Waals surface area (Å²) in [5, 5.41) is 3.12. The summed E-state index contributed by atoms with van der Waals surface area (Å²) in [5.41, 5.74) is 1.36. The van der Waals surface area contributed by atoms with Crippen molar-refractivity contribution in [3.63, 3.8) is 0 Å². The minimum absolute atomic E-state index is 0.0591. The van der Waals surface area contributed by atoms with Crippen molar-refractivity contribution < 1.29 is 4.79 Å². The van der Waals surface area contributed by atoms with Crippen molar-refractivity contribution in [1.29, 1.82) is 0 Å². The normalized spacial score (nSPS) is 17.4. The van der Waals surface area contributed by atoms with Crippen LogP contribution in [0.3, 0.4) is 0 Å². The van der Waals surface area contributed by atoms with Crippen molar-refractivity contribution in [2.24, 2.45) is 5.92 Å². The van der Waals surface area contributed by atoms with E-state index in [4.69, 9.17) is 0 Å². The first-order valence-electron chi connectivity index (χ1n) is 9.18. The predicted molar refractivity (Wildman–Crippen MR) is 100 cm³/mol. The Hall–Kier alpha value is -2.57. The number of nitrogens with one attached hydrogen (secondary N) is 1. The number of carbonyl (C=O) groups is 1. The Balaban J connectivity index is 1.67. The van der Waals surface area contributed by atoms with Gasteiger partial charge in [0.2, 0.25) is 5.95 Å². The third-order valence-electron chi connectivity index (χ3n) is 4.33. The van der Waals surface area contributed by atoms with E-state index in [0.717, 1.165) is 31.5 Å². The van der Waals surface area contributed by atoms with Gasteiger partial charge in [0.1, 0.15) is 11.5 Å². The zero-order valence-electron chi connectivity index (χ0n) is 15.6. The fraction of sp³-hybridized carbons (Fsp3) is 0.526. The van der Waals surface area contributed by atoms with Crippen molar-refractivity contribution in [3.8, 4) is 0 Å². The highest BCUT2D eigenvalue weighted by molar-refractivity contribution is 5.92. The zero-order valence-corrected chi connectivity index (χ0v) is 15.6. The van der Waals surface area contributed by atoms with Crippen LogP contribution in [0.1, 0.15) is 48.7 Å². The lowest BCUT2D eigenvalue weighted by molar-refractivity contribution is 0.0927. The topological polar surface area (TPSA) is 83.9 Å². The molecule has 1 aliphatic heterocycles. The molecule has 0 unspecified atom stereocenters. The second-order valence-electron chi connectivity index (χ2n) is 7.20. The molecule has 0 aromatic carbocycles. The standard InChI is InChI=1S/C19H26N6O/c1-13(2)10-16-11-17(23-14(3)22-16)18(26)24-15-6-4-9-25(12-15)19-20-7-5-8-21-19/h5,7-8,11,13,15H,4,6,9-10,12H2,1-3H3,(H,24,26)/t15-/m0/s1. The third kappa shape index (κ3) is 4.74. The summed E-state index contributed by atoms with van der Waals surface area (Å²) in [6, 6.07) is 3.67. The Morgan fingerprint density at radius 3 is 2.81 bits per heavy atom. The molecule has 1 amide bonds. The van der Waals surface area contributed by atoms with Gasteiger partial charge in [0, 0.05) is 37.2 Å². The number of aromatic nitrogens is 4. The summed E-state index contributed by atoms with van der Waals surface area (Å²) in [4.78, 5) is 32.2. The summed E-state index contributed by atoms with van der Waals surface area (Å²) in [6.07, 6.45) is 6.25. The minimum atomic E-state index is -0.138. The van der Waals surface area contributed by atoms with Crippen molar-refractivity contribution in [2.75, 3.05) is 18.0 Å². The molecule has 1 aliphatic rings. The number of rotatable bonds is 5. The first-order chi connectivity index (χ1) is 12.5. The Bertz CT molecular complexity index is 749. The molecule has 7 heteroatoms. The van der Waals surface area contributed by atoms with Gasteiger partial charge < -0.3 is 10.2 Å². The lowest BCUT2D eigenvalue weighted by Gasteiger charge is -2.33. The van der Waals surface area contributed by atoms with Gasteiger partial charge in [0.05, 0.1) is 0 Å². The Morgan fingerprint density at radius 1 is 1.31 bits per heavy atom. The van der Waals surface area contributed by atoms with Gasteiger partial charge in [-0.05, 0) is 44.2 Å². The fourth-order valence-electron chi connectivity index (χ4n) is 3.26. The van der Waals surface area contributed by atoms with E-state index in [1.54, 1.807) is 18.5 Å². The molecule has 26 heavy (non-hydrogen) atoms. The number of hydrogen-bond acceptors (Lipinski definition) is 6. The van der Waals surface area contributed by atoms with Crippen molar-refractivity contribution in [2.45, 2.75) is 46.1 Å². The van der Waals surface area contributed by atoms with Gasteiger partial charge in [-0.3, -0.25) is 4.79 Å². The van der Waals surface area contributed by atoms with Crippen LogP contribution < -0.4 is 10.2 Å². The third-order valence-corrected chi connectivity index (χ3v) is 4.33. The van der Waals surface area contributed by atoms with E-state index in [-0.39, 0.29) is 11.9 Å². The lowest BCUT2D eigenvalue weighted by Crippen LogP contribution is -2.48. The Kier molecular flexibility index (Phi) is 5.75. The van der Waals surface area contributed by atoms with Crippen LogP contribution in [0.25, 0.3) is 0 Å². The van der Waals surface area contributed by atoms with Crippen LogP contribution in [-0.2, 0) is 6.42 Å². The molecule has 0 radical (unpaired) electrons. The molecule has 1 fully saturated rings. The Labute approximate surface area is 154 Å². The smallest absolute Gasteiger partial charge is 0.270 e.